The predicted molar refractivity (Wildman–Crippen MR) is 85.6 cm³/mol. The number of carbonyl (C=O) groups is 1. The van der Waals surface area contributed by atoms with E-state index in [-0.39, 0.29) is 12.5 Å². The highest BCUT2D eigenvalue weighted by Gasteiger charge is 2.36. The number of nitrogens with one attached hydrogen (secondary N) is 1. The molecule has 8 nitrogen and oxygen atoms in total. The van der Waals surface area contributed by atoms with Crippen molar-refractivity contribution in [2.75, 3.05) is 13.1 Å². The number of ether oxygens (including phenoxy) is 1. The highest BCUT2D eigenvalue weighted by atomic mass is 16.5. The van der Waals surface area contributed by atoms with E-state index in [2.05, 4.69) is 15.1 Å². The van der Waals surface area contributed by atoms with Gasteiger partial charge in [0.2, 0.25) is 0 Å². The number of aromatic amines is 1. The molecule has 1 saturated heterocycles. The van der Waals surface area contributed by atoms with E-state index in [1.165, 1.54) is 0 Å². The topological polar surface area (TPSA) is 96.3 Å². The summed E-state index contributed by atoms with van der Waals surface area (Å²) < 4.78 is 7.36. The van der Waals surface area contributed by atoms with Gasteiger partial charge in [-0.2, -0.15) is 5.10 Å². The number of aryl methyl sites for hydroxylation is 1. The molecule has 1 aliphatic heterocycles. The molecule has 0 radical (unpaired) electrons. The lowest BCUT2D eigenvalue weighted by atomic mass is 10.2. The Balaban J connectivity index is 1.49. The molecule has 4 heterocycles. The van der Waals surface area contributed by atoms with Crippen molar-refractivity contribution in [3.05, 3.63) is 42.5 Å². The zero-order chi connectivity index (χ0) is 16.7. The molecule has 3 aromatic rings. The van der Waals surface area contributed by atoms with Crippen molar-refractivity contribution in [3.8, 4) is 5.75 Å². The number of pyridine rings is 1. The summed E-state index contributed by atoms with van der Waals surface area (Å²) in [6.07, 6.45) is 5.42. The third kappa shape index (κ3) is 2.61. The van der Waals surface area contributed by atoms with Gasteiger partial charge in [0.25, 0.3) is 5.91 Å². The minimum atomic E-state index is -0.738. The van der Waals surface area contributed by atoms with E-state index in [1.54, 1.807) is 47.5 Å². The Labute approximate surface area is 137 Å². The molecule has 0 spiro atoms. The average molecular weight is 327 g/mol. The maximum absolute atomic E-state index is 12.7. The number of H-pyrrole nitrogens is 1. The van der Waals surface area contributed by atoms with Crippen molar-refractivity contribution >= 4 is 16.9 Å². The number of rotatable bonds is 3. The Morgan fingerprint density at radius 1 is 1.42 bits per heavy atom. The third-order valence-corrected chi connectivity index (χ3v) is 4.14. The van der Waals surface area contributed by atoms with Crippen LogP contribution >= 0.6 is 0 Å². The van der Waals surface area contributed by atoms with Crippen LogP contribution in [0.5, 0.6) is 5.75 Å². The van der Waals surface area contributed by atoms with Crippen molar-refractivity contribution in [1.29, 1.82) is 0 Å². The van der Waals surface area contributed by atoms with Crippen molar-refractivity contribution in [2.24, 2.45) is 7.05 Å². The Bertz CT molecular complexity index is 887. The normalized spacial score (nSPS) is 20.7. The molecule has 24 heavy (non-hydrogen) atoms. The molecule has 0 unspecified atom stereocenters. The molecule has 124 valence electrons. The molecule has 0 aliphatic carbocycles. The molecule has 2 atom stereocenters. The smallest absolute Gasteiger partial charge is 0.255 e. The van der Waals surface area contributed by atoms with Crippen LogP contribution in [0.15, 0.2) is 36.9 Å². The van der Waals surface area contributed by atoms with Crippen LogP contribution in [0.25, 0.3) is 11.0 Å². The predicted octanol–water partition coefficient (Wildman–Crippen LogP) is 0.561. The molecule has 2 N–H and O–H groups in total. The minimum absolute atomic E-state index is 0.165. The van der Waals surface area contributed by atoms with Gasteiger partial charge in [-0.05, 0) is 12.1 Å². The zero-order valence-corrected chi connectivity index (χ0v) is 13.1. The number of amides is 1. The first-order valence-corrected chi connectivity index (χ1v) is 7.66. The number of aliphatic hydroxyl groups is 1. The molecule has 4 rings (SSSR count). The van der Waals surface area contributed by atoms with Gasteiger partial charge in [0, 0.05) is 24.8 Å². The summed E-state index contributed by atoms with van der Waals surface area (Å²) in [5, 5.41) is 15.1. The van der Waals surface area contributed by atoms with Gasteiger partial charge in [0.1, 0.15) is 17.9 Å². The number of nitrogens with zero attached hydrogens (tertiary/aromatic N) is 4. The lowest BCUT2D eigenvalue weighted by Gasteiger charge is -2.16. The first-order chi connectivity index (χ1) is 11.6. The number of hydrogen-bond acceptors (Lipinski definition) is 5. The Hall–Kier alpha value is -2.87. The lowest BCUT2D eigenvalue weighted by Crippen LogP contribution is -2.31. The molecular formula is C16H17N5O3. The van der Waals surface area contributed by atoms with E-state index in [9.17, 15) is 9.90 Å². The molecule has 0 saturated carbocycles. The highest BCUT2D eigenvalue weighted by Crippen LogP contribution is 2.21. The Morgan fingerprint density at radius 2 is 2.29 bits per heavy atom. The van der Waals surface area contributed by atoms with Crippen LogP contribution in [0.4, 0.5) is 0 Å². The Morgan fingerprint density at radius 3 is 3.08 bits per heavy atom. The number of likely N-dealkylation sites (tertiary alicyclic amines) is 1. The van der Waals surface area contributed by atoms with E-state index >= 15 is 0 Å². The van der Waals surface area contributed by atoms with Crippen molar-refractivity contribution < 1.29 is 14.6 Å². The van der Waals surface area contributed by atoms with Crippen LogP contribution in [-0.2, 0) is 7.05 Å². The molecule has 1 aliphatic rings. The minimum Gasteiger partial charge on any atom is -0.482 e. The first-order valence-electron chi connectivity index (χ1n) is 7.66. The second kappa shape index (κ2) is 5.64. The number of fused-ring (bicyclic) bond motifs is 1. The van der Waals surface area contributed by atoms with Gasteiger partial charge in [-0.1, -0.05) is 0 Å². The first kappa shape index (κ1) is 14.7. The van der Waals surface area contributed by atoms with Crippen molar-refractivity contribution in [2.45, 2.75) is 12.2 Å². The van der Waals surface area contributed by atoms with E-state index < -0.39 is 12.2 Å². The second-order valence-electron chi connectivity index (χ2n) is 5.92. The van der Waals surface area contributed by atoms with Crippen LogP contribution in [0.3, 0.4) is 0 Å². The van der Waals surface area contributed by atoms with E-state index in [1.807, 2.05) is 6.07 Å². The summed E-state index contributed by atoms with van der Waals surface area (Å²) >= 11 is 0. The largest absolute Gasteiger partial charge is 0.482 e. The molecular weight excluding hydrogens is 310 g/mol. The summed E-state index contributed by atoms with van der Waals surface area (Å²) in [6, 6.07) is 3.66. The van der Waals surface area contributed by atoms with Gasteiger partial charge in [0.05, 0.1) is 31.0 Å². The molecule has 0 aromatic carbocycles. The average Bonchev–Trinajstić information content (AvgIpc) is 3.27. The monoisotopic (exact) mass is 327 g/mol. The van der Waals surface area contributed by atoms with Gasteiger partial charge < -0.3 is 19.7 Å². The number of hydrogen-bond donors (Lipinski definition) is 2. The molecule has 1 amide bonds. The quantitative estimate of drug-likeness (QED) is 0.733. The maximum atomic E-state index is 12.7. The maximum Gasteiger partial charge on any atom is 0.255 e. The summed E-state index contributed by atoms with van der Waals surface area (Å²) in [7, 11) is 1.79. The van der Waals surface area contributed by atoms with Gasteiger partial charge in [-0.15, -0.1) is 0 Å². The number of β-amino-alcohol motifs (C(OH)–C–C–N with tert-alkyl or cyclic N) is 1. The zero-order valence-electron chi connectivity index (χ0n) is 13.1. The molecule has 0 bridgehead atoms. The van der Waals surface area contributed by atoms with Crippen LogP contribution in [-0.4, -0.2) is 61.0 Å². The fourth-order valence-electron chi connectivity index (χ4n) is 2.91. The summed E-state index contributed by atoms with van der Waals surface area (Å²) in [4.78, 5) is 21.5. The van der Waals surface area contributed by atoms with Gasteiger partial charge in [-0.25, -0.2) is 4.98 Å². The number of carbonyl (C=O) groups excluding carboxylic acids is 1. The second-order valence-corrected chi connectivity index (χ2v) is 5.92. The number of aliphatic hydroxyl groups excluding tert-OH is 1. The van der Waals surface area contributed by atoms with Gasteiger partial charge in [-0.3, -0.25) is 9.48 Å². The summed E-state index contributed by atoms with van der Waals surface area (Å²) in [5.74, 6) is 0.410. The van der Waals surface area contributed by atoms with E-state index in [0.717, 1.165) is 11.0 Å². The van der Waals surface area contributed by atoms with Crippen LogP contribution < -0.4 is 4.74 Å². The summed E-state index contributed by atoms with van der Waals surface area (Å²) in [6.45, 7) is 0.551. The Kier molecular flexibility index (Phi) is 3.46. The van der Waals surface area contributed by atoms with Gasteiger partial charge in [0.15, 0.2) is 5.75 Å². The van der Waals surface area contributed by atoms with Crippen LogP contribution in [0.2, 0.25) is 0 Å². The van der Waals surface area contributed by atoms with E-state index in [0.29, 0.717) is 17.9 Å². The van der Waals surface area contributed by atoms with E-state index in [4.69, 9.17) is 4.74 Å². The SMILES string of the molecule is Cn1cc(O[C@@H]2CN(C(=O)c3cnc4[nH]ccc4c3)C[C@H]2O)cn1. The molecule has 3 aromatic heterocycles. The van der Waals surface area contributed by atoms with Gasteiger partial charge >= 0.3 is 0 Å². The highest BCUT2D eigenvalue weighted by molar-refractivity contribution is 5.97. The van der Waals surface area contributed by atoms with Crippen LogP contribution in [0.1, 0.15) is 10.4 Å². The summed E-state index contributed by atoms with van der Waals surface area (Å²) in [5.41, 5.74) is 1.24. The van der Waals surface area contributed by atoms with Crippen LogP contribution in [0, 0.1) is 0 Å². The third-order valence-electron chi connectivity index (χ3n) is 4.14. The van der Waals surface area contributed by atoms with Crippen molar-refractivity contribution in [3.63, 3.8) is 0 Å². The fraction of sp³-hybridized carbons (Fsp3) is 0.312. The molecule has 8 heteroatoms. The number of aromatic nitrogens is 4. The molecule has 1 fully saturated rings. The standard InChI is InChI=1S/C16H17N5O3/c1-20-7-12(6-19-20)24-14-9-21(8-13(14)22)16(23)11-4-10-2-3-17-15(10)18-5-11/h2-7,13-14,22H,8-9H2,1H3,(H,17,18)/t13-,14-/m1/s1. The lowest BCUT2D eigenvalue weighted by molar-refractivity contribution is 0.0729. The fourth-order valence-corrected chi connectivity index (χ4v) is 2.91. The van der Waals surface area contributed by atoms with Crippen molar-refractivity contribution in [1.82, 2.24) is 24.6 Å².